The molecule has 3 heteroatoms. The number of hydrogen-bond donors (Lipinski definition) is 1. The van der Waals surface area contributed by atoms with E-state index >= 15 is 0 Å². The van der Waals surface area contributed by atoms with Gasteiger partial charge in [-0.3, -0.25) is 4.90 Å². The Labute approximate surface area is 107 Å². The standard InChI is InChI=1S/C14H30N2O/c1-5-14(9-15-12(2)3)16-8-6-7-13(10-16)11-17-4/h12-15H,5-11H2,1-4H3. The maximum atomic E-state index is 5.30. The number of nitrogens with zero attached hydrogens (tertiary/aromatic N) is 1. The van der Waals surface area contributed by atoms with Gasteiger partial charge in [-0.1, -0.05) is 20.8 Å². The zero-order valence-electron chi connectivity index (χ0n) is 12.0. The first-order valence-corrected chi connectivity index (χ1v) is 7.13. The van der Waals surface area contributed by atoms with E-state index in [2.05, 4.69) is 31.0 Å². The Hall–Kier alpha value is -0.120. The molecule has 0 aromatic rings. The molecule has 2 unspecified atom stereocenters. The second-order valence-electron chi connectivity index (χ2n) is 5.58. The predicted molar refractivity (Wildman–Crippen MR) is 73.4 cm³/mol. The van der Waals surface area contributed by atoms with Crippen LogP contribution in [-0.2, 0) is 4.74 Å². The summed E-state index contributed by atoms with van der Waals surface area (Å²) in [5.74, 6) is 0.738. The Morgan fingerprint density at radius 2 is 2.18 bits per heavy atom. The van der Waals surface area contributed by atoms with Gasteiger partial charge in [0, 0.05) is 32.3 Å². The van der Waals surface area contributed by atoms with Crippen molar-refractivity contribution >= 4 is 0 Å². The molecule has 0 spiro atoms. The van der Waals surface area contributed by atoms with E-state index in [-0.39, 0.29) is 0 Å². The number of ether oxygens (including phenoxy) is 1. The lowest BCUT2D eigenvalue weighted by Gasteiger charge is -2.38. The van der Waals surface area contributed by atoms with Crippen LogP contribution in [0.1, 0.15) is 40.0 Å². The molecular weight excluding hydrogens is 212 g/mol. The van der Waals surface area contributed by atoms with E-state index in [0.717, 1.165) is 19.1 Å². The van der Waals surface area contributed by atoms with Crippen LogP contribution in [0.25, 0.3) is 0 Å². The van der Waals surface area contributed by atoms with E-state index < -0.39 is 0 Å². The summed E-state index contributed by atoms with van der Waals surface area (Å²) in [6.45, 7) is 11.3. The topological polar surface area (TPSA) is 24.5 Å². The van der Waals surface area contributed by atoms with Crippen LogP contribution in [0.4, 0.5) is 0 Å². The van der Waals surface area contributed by atoms with Crippen LogP contribution >= 0.6 is 0 Å². The molecule has 0 aromatic heterocycles. The lowest BCUT2D eigenvalue weighted by atomic mass is 9.97. The summed E-state index contributed by atoms with van der Waals surface area (Å²) >= 11 is 0. The Balaban J connectivity index is 2.38. The van der Waals surface area contributed by atoms with Crippen molar-refractivity contribution in [3.63, 3.8) is 0 Å². The van der Waals surface area contributed by atoms with Crippen LogP contribution in [-0.4, -0.2) is 50.3 Å². The van der Waals surface area contributed by atoms with Crippen molar-refractivity contribution in [3.05, 3.63) is 0 Å². The molecule has 2 atom stereocenters. The lowest BCUT2D eigenvalue weighted by molar-refractivity contribution is 0.0661. The summed E-state index contributed by atoms with van der Waals surface area (Å²) in [5, 5.41) is 3.57. The summed E-state index contributed by atoms with van der Waals surface area (Å²) in [5.41, 5.74) is 0. The number of piperidine rings is 1. The van der Waals surface area contributed by atoms with E-state index in [0.29, 0.717) is 12.1 Å². The van der Waals surface area contributed by atoms with Crippen molar-refractivity contribution in [2.45, 2.75) is 52.1 Å². The minimum absolute atomic E-state index is 0.587. The van der Waals surface area contributed by atoms with Gasteiger partial charge in [-0.25, -0.2) is 0 Å². The quantitative estimate of drug-likeness (QED) is 0.740. The van der Waals surface area contributed by atoms with E-state index in [1.54, 1.807) is 0 Å². The number of methoxy groups -OCH3 is 1. The third-order valence-corrected chi connectivity index (χ3v) is 3.70. The SMILES string of the molecule is CCC(CNC(C)C)N1CCCC(COC)C1. The number of hydrogen-bond acceptors (Lipinski definition) is 3. The van der Waals surface area contributed by atoms with Crippen molar-refractivity contribution in [1.29, 1.82) is 0 Å². The molecule has 102 valence electrons. The normalized spacial score (nSPS) is 24.2. The third-order valence-electron chi connectivity index (χ3n) is 3.70. The number of rotatable bonds is 7. The largest absolute Gasteiger partial charge is 0.384 e. The molecule has 1 aliphatic heterocycles. The van der Waals surface area contributed by atoms with Crippen molar-refractivity contribution < 1.29 is 4.74 Å². The van der Waals surface area contributed by atoms with Crippen LogP contribution in [0.15, 0.2) is 0 Å². The van der Waals surface area contributed by atoms with Crippen LogP contribution in [0.2, 0.25) is 0 Å². The van der Waals surface area contributed by atoms with Crippen molar-refractivity contribution in [3.8, 4) is 0 Å². The van der Waals surface area contributed by atoms with Crippen molar-refractivity contribution in [1.82, 2.24) is 10.2 Å². The maximum absolute atomic E-state index is 5.30. The second kappa shape index (κ2) is 8.06. The Bertz CT molecular complexity index is 195. The first kappa shape index (κ1) is 14.9. The molecule has 1 aliphatic rings. The Morgan fingerprint density at radius 3 is 2.76 bits per heavy atom. The van der Waals surface area contributed by atoms with E-state index in [1.165, 1.54) is 32.4 Å². The summed E-state index contributed by atoms with van der Waals surface area (Å²) in [4.78, 5) is 2.66. The van der Waals surface area contributed by atoms with Crippen LogP contribution in [0.5, 0.6) is 0 Å². The average molecular weight is 242 g/mol. The summed E-state index contributed by atoms with van der Waals surface area (Å²) < 4.78 is 5.30. The van der Waals surface area contributed by atoms with Gasteiger partial charge in [-0.2, -0.15) is 0 Å². The molecule has 0 aromatic carbocycles. The highest BCUT2D eigenvalue weighted by atomic mass is 16.5. The summed E-state index contributed by atoms with van der Waals surface area (Å²) in [6.07, 6.45) is 3.89. The Morgan fingerprint density at radius 1 is 1.41 bits per heavy atom. The number of nitrogens with one attached hydrogen (secondary N) is 1. The highest BCUT2D eigenvalue weighted by Crippen LogP contribution is 2.19. The first-order valence-electron chi connectivity index (χ1n) is 7.13. The molecule has 1 heterocycles. The molecule has 1 saturated heterocycles. The molecule has 0 aliphatic carbocycles. The smallest absolute Gasteiger partial charge is 0.0502 e. The highest BCUT2D eigenvalue weighted by molar-refractivity contribution is 4.80. The molecule has 1 rings (SSSR count). The van der Waals surface area contributed by atoms with Gasteiger partial charge in [0.05, 0.1) is 6.61 Å². The lowest BCUT2D eigenvalue weighted by Crippen LogP contribution is -2.48. The van der Waals surface area contributed by atoms with Crippen molar-refractivity contribution in [2.75, 3.05) is 33.4 Å². The second-order valence-corrected chi connectivity index (χ2v) is 5.58. The fourth-order valence-corrected chi connectivity index (χ4v) is 2.70. The van der Waals surface area contributed by atoms with E-state index in [9.17, 15) is 0 Å². The van der Waals surface area contributed by atoms with Gasteiger partial charge < -0.3 is 10.1 Å². The van der Waals surface area contributed by atoms with Gasteiger partial charge in [0.15, 0.2) is 0 Å². The predicted octanol–water partition coefficient (Wildman–Crippen LogP) is 2.12. The van der Waals surface area contributed by atoms with Gasteiger partial charge in [0.25, 0.3) is 0 Å². The van der Waals surface area contributed by atoms with Crippen LogP contribution < -0.4 is 5.32 Å². The molecule has 0 saturated carbocycles. The Kier molecular flexibility index (Phi) is 7.09. The average Bonchev–Trinajstić information content (AvgIpc) is 2.30. The van der Waals surface area contributed by atoms with E-state index in [4.69, 9.17) is 4.74 Å². The molecule has 3 nitrogen and oxygen atoms in total. The zero-order chi connectivity index (χ0) is 12.7. The molecule has 1 N–H and O–H groups in total. The van der Waals surface area contributed by atoms with Gasteiger partial charge in [0.2, 0.25) is 0 Å². The molecule has 0 bridgehead atoms. The van der Waals surface area contributed by atoms with Crippen LogP contribution in [0, 0.1) is 5.92 Å². The van der Waals surface area contributed by atoms with Gasteiger partial charge >= 0.3 is 0 Å². The molecule has 1 fully saturated rings. The van der Waals surface area contributed by atoms with Gasteiger partial charge in [0.1, 0.15) is 0 Å². The third kappa shape index (κ3) is 5.36. The van der Waals surface area contributed by atoms with Crippen molar-refractivity contribution in [2.24, 2.45) is 5.92 Å². The highest BCUT2D eigenvalue weighted by Gasteiger charge is 2.24. The van der Waals surface area contributed by atoms with Gasteiger partial charge in [-0.05, 0) is 31.7 Å². The van der Waals surface area contributed by atoms with Crippen LogP contribution in [0.3, 0.4) is 0 Å². The molecule has 17 heavy (non-hydrogen) atoms. The monoisotopic (exact) mass is 242 g/mol. The summed E-state index contributed by atoms with van der Waals surface area (Å²) in [7, 11) is 1.82. The first-order chi connectivity index (χ1) is 8.17. The molecule has 0 amide bonds. The minimum atomic E-state index is 0.587. The number of likely N-dealkylation sites (tertiary alicyclic amines) is 1. The molecule has 0 radical (unpaired) electrons. The summed E-state index contributed by atoms with van der Waals surface area (Å²) in [6, 6.07) is 1.28. The fourth-order valence-electron chi connectivity index (χ4n) is 2.70. The zero-order valence-corrected chi connectivity index (χ0v) is 12.0. The minimum Gasteiger partial charge on any atom is -0.384 e. The maximum Gasteiger partial charge on any atom is 0.0502 e. The van der Waals surface area contributed by atoms with E-state index in [1.807, 2.05) is 7.11 Å². The molecular formula is C14H30N2O. The van der Waals surface area contributed by atoms with Gasteiger partial charge in [-0.15, -0.1) is 0 Å². The fraction of sp³-hybridized carbons (Fsp3) is 1.00.